The highest BCUT2D eigenvalue weighted by molar-refractivity contribution is 6.20. The Morgan fingerprint density at radius 2 is 0.918 bits per heavy atom. The van der Waals surface area contributed by atoms with E-state index in [4.69, 9.17) is 15.0 Å². The van der Waals surface area contributed by atoms with Crippen molar-refractivity contribution in [3.05, 3.63) is 218 Å². The van der Waals surface area contributed by atoms with Crippen LogP contribution in [0, 0.1) is 0 Å². The van der Waals surface area contributed by atoms with Crippen molar-refractivity contribution in [3.63, 3.8) is 0 Å². The first-order chi connectivity index (χ1) is 30.2. The van der Waals surface area contributed by atoms with Crippen LogP contribution < -0.4 is 0 Å². The molecule has 4 heteroatoms. The first-order valence-electron chi connectivity index (χ1n) is 20.7. The molecule has 0 aliphatic rings. The fourth-order valence-electron chi connectivity index (χ4n) is 8.98. The van der Waals surface area contributed by atoms with Crippen LogP contribution in [-0.2, 0) is 0 Å². The summed E-state index contributed by atoms with van der Waals surface area (Å²) in [6.07, 6.45) is 0. The van der Waals surface area contributed by atoms with Crippen LogP contribution >= 0.6 is 0 Å². The maximum absolute atomic E-state index is 5.36. The van der Waals surface area contributed by atoms with Gasteiger partial charge in [-0.15, -0.1) is 0 Å². The summed E-state index contributed by atoms with van der Waals surface area (Å²) in [5.41, 5.74) is 13.6. The number of hydrogen-bond donors (Lipinski definition) is 0. The third-order valence-corrected chi connectivity index (χ3v) is 11.9. The van der Waals surface area contributed by atoms with Gasteiger partial charge in [-0.1, -0.05) is 158 Å². The zero-order valence-corrected chi connectivity index (χ0v) is 33.1. The van der Waals surface area contributed by atoms with Gasteiger partial charge in [0.15, 0.2) is 5.82 Å². The molecule has 0 atom stereocenters. The van der Waals surface area contributed by atoms with Crippen LogP contribution in [0.5, 0.6) is 0 Å². The van der Waals surface area contributed by atoms with E-state index in [-0.39, 0.29) is 0 Å². The van der Waals surface area contributed by atoms with Gasteiger partial charge >= 0.3 is 0 Å². The average Bonchev–Trinajstić information content (AvgIpc) is 3.66. The number of benzene rings is 9. The van der Waals surface area contributed by atoms with Gasteiger partial charge in [0.2, 0.25) is 0 Å². The van der Waals surface area contributed by atoms with Crippen molar-refractivity contribution in [2.45, 2.75) is 0 Å². The Morgan fingerprint density at radius 3 is 1.74 bits per heavy atom. The third kappa shape index (κ3) is 6.04. The summed E-state index contributed by atoms with van der Waals surface area (Å²) in [5, 5.41) is 8.26. The van der Waals surface area contributed by atoms with Gasteiger partial charge in [0, 0.05) is 49.5 Å². The SMILES string of the molecule is c1ccc(-c2cc(-c3cccc(-c4ccc5c(c4)c4cc6c(cc4n5-c4ccccc4)c(-c4ccc5ccccc5c4)nc4ccccc46)c3)nc(-c3ccccc3)n2)cc1. The largest absolute Gasteiger partial charge is 0.309 e. The molecule has 12 aromatic rings. The van der Waals surface area contributed by atoms with E-state index in [9.17, 15) is 0 Å². The summed E-state index contributed by atoms with van der Waals surface area (Å²) in [6, 6.07) is 77.5. The topological polar surface area (TPSA) is 43.6 Å². The van der Waals surface area contributed by atoms with Crippen LogP contribution in [-0.4, -0.2) is 19.5 Å². The molecular formula is C57H36N4. The predicted octanol–water partition coefficient (Wildman–Crippen LogP) is 14.8. The first kappa shape index (κ1) is 34.8. The van der Waals surface area contributed by atoms with Gasteiger partial charge in [0.25, 0.3) is 0 Å². The average molecular weight is 777 g/mol. The fraction of sp³-hybridized carbons (Fsp3) is 0. The van der Waals surface area contributed by atoms with Crippen LogP contribution in [0.3, 0.4) is 0 Å². The van der Waals surface area contributed by atoms with Crippen molar-refractivity contribution in [2.24, 2.45) is 0 Å². The fourth-order valence-corrected chi connectivity index (χ4v) is 8.98. The monoisotopic (exact) mass is 776 g/mol. The van der Waals surface area contributed by atoms with Crippen LogP contribution in [0.4, 0.5) is 0 Å². The van der Waals surface area contributed by atoms with Gasteiger partial charge in [-0.3, -0.25) is 0 Å². The first-order valence-corrected chi connectivity index (χ1v) is 20.7. The molecule has 3 aromatic heterocycles. The molecule has 0 aliphatic heterocycles. The summed E-state index contributed by atoms with van der Waals surface area (Å²) in [5.74, 6) is 0.705. The Hall–Kier alpha value is -8.21. The van der Waals surface area contributed by atoms with Crippen LogP contribution in [0.1, 0.15) is 0 Å². The van der Waals surface area contributed by atoms with Crippen molar-refractivity contribution in [1.29, 1.82) is 0 Å². The van der Waals surface area contributed by atoms with Gasteiger partial charge < -0.3 is 4.57 Å². The van der Waals surface area contributed by atoms with Crippen molar-refractivity contribution in [1.82, 2.24) is 19.5 Å². The van der Waals surface area contributed by atoms with E-state index in [1.54, 1.807) is 0 Å². The van der Waals surface area contributed by atoms with Gasteiger partial charge in [0.05, 0.1) is 33.6 Å². The van der Waals surface area contributed by atoms with Gasteiger partial charge in [-0.2, -0.15) is 0 Å². The molecule has 61 heavy (non-hydrogen) atoms. The van der Waals surface area contributed by atoms with Crippen molar-refractivity contribution in [3.8, 4) is 62.0 Å². The molecule has 0 saturated carbocycles. The van der Waals surface area contributed by atoms with Gasteiger partial charge in [-0.25, -0.2) is 15.0 Å². The highest BCUT2D eigenvalue weighted by Gasteiger charge is 2.19. The summed E-state index contributed by atoms with van der Waals surface area (Å²) in [6.45, 7) is 0. The summed E-state index contributed by atoms with van der Waals surface area (Å²) >= 11 is 0. The highest BCUT2D eigenvalue weighted by Crippen LogP contribution is 2.42. The molecule has 284 valence electrons. The molecular weight excluding hydrogens is 741 g/mol. The molecule has 0 saturated heterocycles. The molecule has 0 fully saturated rings. The number of fused-ring (bicyclic) bond motifs is 7. The second kappa shape index (κ2) is 14.3. The minimum Gasteiger partial charge on any atom is -0.309 e. The molecule has 9 aromatic carbocycles. The van der Waals surface area contributed by atoms with E-state index in [1.807, 2.05) is 24.3 Å². The van der Waals surface area contributed by atoms with Crippen LogP contribution in [0.2, 0.25) is 0 Å². The number of pyridine rings is 1. The number of hydrogen-bond acceptors (Lipinski definition) is 3. The van der Waals surface area contributed by atoms with Crippen molar-refractivity contribution < 1.29 is 0 Å². The zero-order chi connectivity index (χ0) is 40.3. The molecule has 0 radical (unpaired) electrons. The third-order valence-electron chi connectivity index (χ3n) is 11.9. The minimum absolute atomic E-state index is 0.705. The molecule has 12 rings (SSSR count). The number of aromatic nitrogens is 4. The van der Waals surface area contributed by atoms with E-state index in [2.05, 4.69) is 199 Å². The molecule has 3 heterocycles. The van der Waals surface area contributed by atoms with Crippen LogP contribution in [0.15, 0.2) is 218 Å². The van der Waals surface area contributed by atoms with E-state index >= 15 is 0 Å². The molecule has 0 aliphatic carbocycles. The Kier molecular flexibility index (Phi) is 8.13. The highest BCUT2D eigenvalue weighted by atomic mass is 15.0. The van der Waals surface area contributed by atoms with E-state index in [0.717, 1.165) is 83.5 Å². The molecule has 0 unspecified atom stereocenters. The van der Waals surface area contributed by atoms with Crippen molar-refractivity contribution in [2.75, 3.05) is 0 Å². The lowest BCUT2D eigenvalue weighted by Crippen LogP contribution is -1.96. The second-order valence-electron chi connectivity index (χ2n) is 15.6. The smallest absolute Gasteiger partial charge is 0.160 e. The quantitative estimate of drug-likeness (QED) is 0.158. The normalized spacial score (nSPS) is 11.6. The summed E-state index contributed by atoms with van der Waals surface area (Å²) < 4.78 is 2.40. The molecule has 0 amide bonds. The predicted molar refractivity (Wildman–Crippen MR) is 254 cm³/mol. The lowest BCUT2D eigenvalue weighted by molar-refractivity contribution is 1.18. The maximum Gasteiger partial charge on any atom is 0.160 e. The standard InChI is InChI=1S/C57H36N4/c1-4-16-38(17-5-1)52-36-53(60-57(59-52)39-18-6-2-7-19-39)43-22-14-21-41(31-43)42-29-30-54-48(33-42)49-34-47-46-25-12-13-26-51(46)58-56(44-28-27-37-15-10-11-20-40(37)32-44)50(47)35-55(49)61(54)45-23-8-3-9-24-45/h1-36H. The minimum atomic E-state index is 0.705. The Morgan fingerprint density at radius 1 is 0.295 bits per heavy atom. The van der Waals surface area contributed by atoms with E-state index in [1.165, 1.54) is 26.9 Å². The Bertz CT molecular complexity index is 3570. The summed E-state index contributed by atoms with van der Waals surface area (Å²) in [4.78, 5) is 15.5. The number of rotatable bonds is 6. The zero-order valence-electron chi connectivity index (χ0n) is 33.1. The van der Waals surface area contributed by atoms with Gasteiger partial charge in [-0.05, 0) is 87.9 Å². The lowest BCUT2D eigenvalue weighted by Gasteiger charge is -2.13. The molecule has 0 spiro atoms. The van der Waals surface area contributed by atoms with Crippen LogP contribution in [0.25, 0.3) is 116 Å². The lowest BCUT2D eigenvalue weighted by atomic mass is 9.96. The number of nitrogens with zero attached hydrogens (tertiary/aromatic N) is 4. The molecule has 0 N–H and O–H groups in total. The van der Waals surface area contributed by atoms with Crippen molar-refractivity contribution >= 4 is 54.3 Å². The Balaban J connectivity index is 1.07. The summed E-state index contributed by atoms with van der Waals surface area (Å²) in [7, 11) is 0. The van der Waals surface area contributed by atoms with E-state index in [0.29, 0.717) is 5.82 Å². The maximum atomic E-state index is 5.36. The Labute approximate surface area is 352 Å². The number of para-hydroxylation sites is 2. The molecule has 0 bridgehead atoms. The van der Waals surface area contributed by atoms with E-state index < -0.39 is 0 Å². The molecule has 4 nitrogen and oxygen atoms in total. The van der Waals surface area contributed by atoms with Gasteiger partial charge in [0.1, 0.15) is 0 Å². The second-order valence-corrected chi connectivity index (χ2v) is 15.6.